The topological polar surface area (TPSA) is 0 Å². The molecule has 0 nitrogen and oxygen atoms in total. The van der Waals surface area contributed by atoms with Crippen LogP contribution in [0.2, 0.25) is 0 Å². The van der Waals surface area contributed by atoms with Crippen LogP contribution in [0.4, 0.5) is 0 Å². The molecule has 0 bridgehead atoms. The number of rotatable bonds is 1. The van der Waals surface area contributed by atoms with Gasteiger partial charge in [0.05, 0.1) is 0 Å². The van der Waals surface area contributed by atoms with E-state index in [1.165, 1.54) is 25.7 Å². The van der Waals surface area contributed by atoms with Gasteiger partial charge in [-0.1, -0.05) is 6.08 Å². The fourth-order valence-corrected chi connectivity index (χ4v) is 3.50. The van der Waals surface area contributed by atoms with Gasteiger partial charge in [0.25, 0.3) is 0 Å². The maximum absolute atomic E-state index is 2.43. The Kier molecular flexibility index (Phi) is 0.941. The molecule has 0 aromatic rings. The predicted octanol–water partition coefficient (Wildman–Crippen LogP) is 3.37. The molecule has 0 N–H and O–H groups in total. The van der Waals surface area contributed by atoms with E-state index in [1.807, 2.05) is 0 Å². The third-order valence-corrected chi connectivity index (χ3v) is 4.48. The van der Waals surface area contributed by atoms with E-state index in [-0.39, 0.29) is 0 Å². The average molecular weight is 170 g/mol. The van der Waals surface area contributed by atoms with E-state index in [0.717, 1.165) is 11.8 Å². The lowest BCUT2D eigenvalue weighted by Crippen LogP contribution is -2.45. The van der Waals surface area contributed by atoms with Crippen molar-refractivity contribution >= 4 is 0 Å². The number of hydrogen-bond acceptors (Lipinski definition) is 0. The second-order valence-electron chi connectivity index (χ2n) is 4.89. The van der Waals surface area contributed by atoms with E-state index in [4.69, 9.17) is 0 Å². The molecule has 1 fully saturated rings. The molecule has 2 atom stereocenters. The standard InChI is InChI=1S/C13H14/c1-7-11(8-3-2-4-8)13-10-6-5-9(10)12(7)13/h3,9-10H,2,4-6H2,1H3. The molecule has 0 heteroatoms. The molecule has 0 saturated heterocycles. The normalized spacial score (nSPS) is 39.3. The molecule has 2 unspecified atom stereocenters. The van der Waals surface area contributed by atoms with E-state index < -0.39 is 0 Å². The fraction of sp³-hybridized carbons (Fsp3) is 0.538. The Morgan fingerprint density at radius 2 is 1.85 bits per heavy atom. The second kappa shape index (κ2) is 1.84. The Morgan fingerprint density at radius 1 is 1.15 bits per heavy atom. The van der Waals surface area contributed by atoms with Crippen molar-refractivity contribution in [2.45, 2.75) is 32.6 Å². The van der Waals surface area contributed by atoms with Crippen LogP contribution in [0.3, 0.4) is 0 Å². The lowest BCUT2D eigenvalue weighted by Gasteiger charge is -2.58. The van der Waals surface area contributed by atoms with Crippen molar-refractivity contribution in [3.05, 3.63) is 33.9 Å². The summed E-state index contributed by atoms with van der Waals surface area (Å²) in [6.07, 6.45) is 8.05. The van der Waals surface area contributed by atoms with Crippen LogP contribution in [-0.4, -0.2) is 0 Å². The molecule has 0 heterocycles. The van der Waals surface area contributed by atoms with E-state index in [2.05, 4.69) is 13.0 Å². The second-order valence-corrected chi connectivity index (χ2v) is 4.89. The highest BCUT2D eigenvalue weighted by atomic mass is 14.6. The van der Waals surface area contributed by atoms with Gasteiger partial charge in [-0.05, 0) is 72.3 Å². The predicted molar refractivity (Wildman–Crippen MR) is 53.3 cm³/mol. The highest BCUT2D eigenvalue weighted by molar-refractivity contribution is 5.74. The zero-order chi connectivity index (χ0) is 8.58. The van der Waals surface area contributed by atoms with Crippen LogP contribution in [0, 0.1) is 11.8 Å². The highest BCUT2D eigenvalue weighted by Gasteiger charge is 2.53. The molecule has 4 rings (SSSR count). The minimum atomic E-state index is 1.01. The zero-order valence-electron chi connectivity index (χ0n) is 8.06. The van der Waals surface area contributed by atoms with Crippen molar-refractivity contribution in [2.75, 3.05) is 0 Å². The molecule has 4 aliphatic carbocycles. The van der Waals surface area contributed by atoms with Crippen LogP contribution in [0.15, 0.2) is 33.9 Å². The molecule has 0 aliphatic heterocycles. The summed E-state index contributed by atoms with van der Waals surface area (Å²) < 4.78 is 0. The van der Waals surface area contributed by atoms with Gasteiger partial charge in [0, 0.05) is 0 Å². The first-order chi connectivity index (χ1) is 6.38. The molecule has 0 aromatic heterocycles. The van der Waals surface area contributed by atoms with E-state index in [0.29, 0.717) is 0 Å². The fourth-order valence-electron chi connectivity index (χ4n) is 3.50. The molecular weight excluding hydrogens is 156 g/mol. The lowest BCUT2D eigenvalue weighted by molar-refractivity contribution is 0.201. The Balaban J connectivity index is 1.77. The maximum Gasteiger partial charge on any atom is -0.00836 e. The van der Waals surface area contributed by atoms with Gasteiger partial charge in [0.15, 0.2) is 0 Å². The summed E-state index contributed by atoms with van der Waals surface area (Å²) in [4.78, 5) is 0. The van der Waals surface area contributed by atoms with Crippen molar-refractivity contribution in [1.29, 1.82) is 0 Å². The molecule has 4 aliphatic rings. The molecule has 13 heavy (non-hydrogen) atoms. The first-order valence-corrected chi connectivity index (χ1v) is 5.53. The molecule has 0 amide bonds. The summed E-state index contributed by atoms with van der Waals surface area (Å²) in [5, 5.41) is 0. The third-order valence-electron chi connectivity index (χ3n) is 4.48. The smallest absolute Gasteiger partial charge is 0.00836 e. The van der Waals surface area contributed by atoms with Crippen LogP contribution < -0.4 is 0 Å². The summed E-state index contributed by atoms with van der Waals surface area (Å²) in [5.74, 6) is 2.02. The van der Waals surface area contributed by atoms with Gasteiger partial charge in [-0.15, -0.1) is 0 Å². The van der Waals surface area contributed by atoms with E-state index in [1.54, 1.807) is 27.9 Å². The van der Waals surface area contributed by atoms with Crippen LogP contribution in [0.5, 0.6) is 0 Å². The summed E-state index contributed by atoms with van der Waals surface area (Å²) in [7, 11) is 0. The average Bonchev–Trinajstić information content (AvgIpc) is 2.01. The van der Waals surface area contributed by atoms with Gasteiger partial charge in [-0.25, -0.2) is 0 Å². The van der Waals surface area contributed by atoms with Crippen molar-refractivity contribution in [3.8, 4) is 0 Å². The van der Waals surface area contributed by atoms with Gasteiger partial charge in [0.1, 0.15) is 0 Å². The van der Waals surface area contributed by atoms with Crippen LogP contribution >= 0.6 is 0 Å². The molecular formula is C13H14. The van der Waals surface area contributed by atoms with Gasteiger partial charge in [0.2, 0.25) is 0 Å². The number of allylic oxidation sites excluding steroid dienone is 6. The summed E-state index contributed by atoms with van der Waals surface area (Å²) in [6, 6.07) is 0. The maximum atomic E-state index is 2.43. The number of hydrogen-bond donors (Lipinski definition) is 0. The largest absolute Gasteiger partial charge is 0.0804 e. The van der Waals surface area contributed by atoms with E-state index >= 15 is 0 Å². The minimum Gasteiger partial charge on any atom is -0.0804 e. The Labute approximate surface area is 79.0 Å². The quantitative estimate of drug-likeness (QED) is 0.566. The monoisotopic (exact) mass is 170 g/mol. The van der Waals surface area contributed by atoms with Crippen molar-refractivity contribution in [1.82, 2.24) is 0 Å². The van der Waals surface area contributed by atoms with Crippen LogP contribution in [0.25, 0.3) is 0 Å². The lowest BCUT2D eigenvalue weighted by atomic mass is 9.46. The Morgan fingerprint density at radius 3 is 2.38 bits per heavy atom. The SMILES string of the molecule is CC1=C(C2=CCC2)C2=C1C1CCC21. The van der Waals surface area contributed by atoms with Crippen molar-refractivity contribution in [2.24, 2.45) is 11.8 Å². The zero-order valence-corrected chi connectivity index (χ0v) is 8.06. The molecule has 0 radical (unpaired) electrons. The molecule has 0 spiro atoms. The minimum absolute atomic E-state index is 1.01. The summed E-state index contributed by atoms with van der Waals surface area (Å²) in [6.45, 7) is 2.34. The first kappa shape index (κ1) is 6.64. The van der Waals surface area contributed by atoms with Gasteiger partial charge in [-0.2, -0.15) is 0 Å². The van der Waals surface area contributed by atoms with Gasteiger partial charge < -0.3 is 0 Å². The first-order valence-electron chi connectivity index (χ1n) is 5.53. The Bertz CT molecular complexity index is 404. The van der Waals surface area contributed by atoms with E-state index in [9.17, 15) is 0 Å². The Hall–Kier alpha value is -0.780. The molecule has 0 aromatic carbocycles. The molecule has 1 saturated carbocycles. The van der Waals surface area contributed by atoms with Gasteiger partial charge in [-0.3, -0.25) is 0 Å². The van der Waals surface area contributed by atoms with Crippen molar-refractivity contribution < 1.29 is 0 Å². The van der Waals surface area contributed by atoms with Gasteiger partial charge >= 0.3 is 0 Å². The molecule has 66 valence electrons. The summed E-state index contributed by atoms with van der Waals surface area (Å²) >= 11 is 0. The van der Waals surface area contributed by atoms with Crippen LogP contribution in [-0.2, 0) is 0 Å². The van der Waals surface area contributed by atoms with Crippen LogP contribution in [0.1, 0.15) is 32.6 Å². The number of fused-ring (bicyclic) bond motifs is 3. The van der Waals surface area contributed by atoms with Crippen molar-refractivity contribution in [3.63, 3.8) is 0 Å². The highest BCUT2D eigenvalue weighted by Crippen LogP contribution is 2.66. The third kappa shape index (κ3) is 0.535. The summed E-state index contributed by atoms with van der Waals surface area (Å²) in [5.41, 5.74) is 8.59.